The Kier molecular flexibility index (Phi) is 4.23. The fourth-order valence-electron chi connectivity index (χ4n) is 2.93. The van der Waals surface area contributed by atoms with Crippen LogP contribution in [0.25, 0.3) is 11.0 Å². The van der Waals surface area contributed by atoms with Crippen molar-refractivity contribution in [1.82, 2.24) is 14.9 Å². The quantitative estimate of drug-likeness (QED) is 0.600. The van der Waals surface area contributed by atoms with Crippen LogP contribution >= 0.6 is 0 Å². The molecule has 0 aliphatic heterocycles. The number of carbonyl (C=O) groups excluding carboxylic acids is 1. The van der Waals surface area contributed by atoms with Crippen LogP contribution < -0.4 is 5.32 Å². The highest BCUT2D eigenvalue weighted by Crippen LogP contribution is 2.19. The number of carbonyl (C=O) groups is 1. The Morgan fingerprint density at radius 1 is 1.12 bits per heavy atom. The SMILES string of the molecule is Cc1cc(NC(=O)Cc2noc3ccccc23)n(Cc2ccccc2)n1. The second-order valence-electron chi connectivity index (χ2n) is 6.16. The molecule has 2 aromatic carbocycles. The van der Waals surface area contributed by atoms with E-state index in [0.717, 1.165) is 16.6 Å². The van der Waals surface area contributed by atoms with Gasteiger partial charge in [0.2, 0.25) is 5.91 Å². The lowest BCUT2D eigenvalue weighted by molar-refractivity contribution is -0.115. The monoisotopic (exact) mass is 346 g/mol. The molecule has 130 valence electrons. The highest BCUT2D eigenvalue weighted by atomic mass is 16.5. The second kappa shape index (κ2) is 6.84. The first-order valence-corrected chi connectivity index (χ1v) is 8.40. The zero-order valence-electron chi connectivity index (χ0n) is 14.3. The molecule has 0 unspecified atom stereocenters. The van der Waals surface area contributed by atoms with Gasteiger partial charge >= 0.3 is 0 Å². The smallest absolute Gasteiger partial charge is 0.231 e. The number of nitrogens with zero attached hydrogens (tertiary/aromatic N) is 3. The van der Waals surface area contributed by atoms with E-state index in [-0.39, 0.29) is 12.3 Å². The third kappa shape index (κ3) is 3.35. The van der Waals surface area contributed by atoms with E-state index in [0.29, 0.717) is 23.6 Å². The van der Waals surface area contributed by atoms with Gasteiger partial charge in [-0.05, 0) is 24.6 Å². The van der Waals surface area contributed by atoms with Crippen LogP contribution in [0.15, 0.2) is 65.2 Å². The van der Waals surface area contributed by atoms with Gasteiger partial charge in [-0.3, -0.25) is 4.79 Å². The maximum Gasteiger partial charge on any atom is 0.231 e. The molecule has 2 aromatic heterocycles. The molecule has 0 saturated heterocycles. The number of para-hydroxylation sites is 1. The lowest BCUT2D eigenvalue weighted by atomic mass is 10.1. The molecule has 0 bridgehead atoms. The molecule has 26 heavy (non-hydrogen) atoms. The van der Waals surface area contributed by atoms with Gasteiger partial charge in [0, 0.05) is 11.5 Å². The van der Waals surface area contributed by atoms with Crippen LogP contribution in [-0.4, -0.2) is 20.8 Å². The first-order chi connectivity index (χ1) is 12.7. The Labute approximate surface area is 150 Å². The molecule has 4 rings (SSSR count). The van der Waals surface area contributed by atoms with E-state index < -0.39 is 0 Å². The summed E-state index contributed by atoms with van der Waals surface area (Å²) in [6, 6.07) is 19.4. The van der Waals surface area contributed by atoms with Crippen LogP contribution in [-0.2, 0) is 17.8 Å². The minimum Gasteiger partial charge on any atom is -0.356 e. The van der Waals surface area contributed by atoms with Crippen molar-refractivity contribution in [3.05, 3.63) is 77.6 Å². The zero-order chi connectivity index (χ0) is 17.9. The Balaban J connectivity index is 1.51. The topological polar surface area (TPSA) is 73.0 Å². The normalized spacial score (nSPS) is 11.0. The van der Waals surface area contributed by atoms with E-state index in [2.05, 4.69) is 15.6 Å². The second-order valence-corrected chi connectivity index (χ2v) is 6.16. The molecular weight excluding hydrogens is 328 g/mol. The molecule has 0 spiro atoms. The summed E-state index contributed by atoms with van der Waals surface area (Å²) in [5.41, 5.74) is 3.28. The first kappa shape index (κ1) is 16.1. The molecule has 2 heterocycles. The number of aryl methyl sites for hydroxylation is 1. The number of rotatable bonds is 5. The summed E-state index contributed by atoms with van der Waals surface area (Å²) >= 11 is 0. The van der Waals surface area contributed by atoms with Crippen LogP contribution in [0.4, 0.5) is 5.82 Å². The average Bonchev–Trinajstić information content (AvgIpc) is 3.19. The van der Waals surface area contributed by atoms with Gasteiger partial charge in [0.15, 0.2) is 5.58 Å². The number of benzene rings is 2. The molecule has 0 radical (unpaired) electrons. The van der Waals surface area contributed by atoms with Crippen molar-refractivity contribution >= 4 is 22.7 Å². The van der Waals surface area contributed by atoms with E-state index in [1.54, 1.807) is 4.68 Å². The van der Waals surface area contributed by atoms with Gasteiger partial charge in [0.1, 0.15) is 11.5 Å². The minimum atomic E-state index is -0.154. The van der Waals surface area contributed by atoms with Gasteiger partial charge in [-0.15, -0.1) is 0 Å². The van der Waals surface area contributed by atoms with Crippen molar-refractivity contribution < 1.29 is 9.32 Å². The molecule has 0 saturated carbocycles. The van der Waals surface area contributed by atoms with Gasteiger partial charge in [0.05, 0.1) is 18.7 Å². The van der Waals surface area contributed by atoms with Gasteiger partial charge in [-0.2, -0.15) is 5.10 Å². The third-order valence-corrected chi connectivity index (χ3v) is 4.12. The summed E-state index contributed by atoms with van der Waals surface area (Å²) in [7, 11) is 0. The van der Waals surface area contributed by atoms with E-state index in [1.807, 2.05) is 67.6 Å². The lowest BCUT2D eigenvalue weighted by Gasteiger charge is -2.08. The molecule has 1 amide bonds. The van der Waals surface area contributed by atoms with Crippen molar-refractivity contribution in [3.8, 4) is 0 Å². The van der Waals surface area contributed by atoms with Crippen LogP contribution in [0.3, 0.4) is 0 Å². The molecule has 0 fully saturated rings. The van der Waals surface area contributed by atoms with Crippen molar-refractivity contribution in [2.75, 3.05) is 5.32 Å². The van der Waals surface area contributed by atoms with Crippen molar-refractivity contribution in [2.45, 2.75) is 19.9 Å². The standard InChI is InChI=1S/C20H18N4O2/c1-14-11-19(24(22-14)13-15-7-3-2-4-8-15)21-20(25)12-17-16-9-5-6-10-18(16)26-23-17/h2-11H,12-13H2,1H3,(H,21,25). The van der Waals surface area contributed by atoms with Crippen molar-refractivity contribution in [3.63, 3.8) is 0 Å². The molecule has 0 aliphatic carbocycles. The number of anilines is 1. The molecule has 6 heteroatoms. The summed E-state index contributed by atoms with van der Waals surface area (Å²) in [6.07, 6.45) is 0.145. The summed E-state index contributed by atoms with van der Waals surface area (Å²) in [5.74, 6) is 0.516. The fraction of sp³-hybridized carbons (Fsp3) is 0.150. The van der Waals surface area contributed by atoms with Gasteiger partial charge in [-0.1, -0.05) is 47.6 Å². The molecule has 1 N–H and O–H groups in total. The predicted molar refractivity (Wildman–Crippen MR) is 98.9 cm³/mol. The summed E-state index contributed by atoms with van der Waals surface area (Å²) in [6.45, 7) is 2.50. The largest absolute Gasteiger partial charge is 0.356 e. The van der Waals surface area contributed by atoms with Crippen molar-refractivity contribution in [1.29, 1.82) is 0 Å². The summed E-state index contributed by atoms with van der Waals surface area (Å²) in [5, 5.41) is 12.3. The van der Waals surface area contributed by atoms with Crippen molar-refractivity contribution in [2.24, 2.45) is 0 Å². The van der Waals surface area contributed by atoms with Crippen LogP contribution in [0.5, 0.6) is 0 Å². The number of hydrogen-bond acceptors (Lipinski definition) is 4. The highest BCUT2D eigenvalue weighted by Gasteiger charge is 2.14. The third-order valence-electron chi connectivity index (χ3n) is 4.12. The van der Waals surface area contributed by atoms with E-state index >= 15 is 0 Å². The van der Waals surface area contributed by atoms with E-state index in [9.17, 15) is 4.79 Å². The van der Waals surface area contributed by atoms with Crippen LogP contribution in [0, 0.1) is 6.92 Å². The molecular formula is C20H18N4O2. The number of hydrogen-bond donors (Lipinski definition) is 1. The maximum atomic E-state index is 12.5. The first-order valence-electron chi connectivity index (χ1n) is 8.40. The Morgan fingerprint density at radius 3 is 2.73 bits per heavy atom. The van der Waals surface area contributed by atoms with Gasteiger partial charge in [0.25, 0.3) is 0 Å². The Morgan fingerprint density at radius 2 is 1.88 bits per heavy atom. The molecule has 0 atom stereocenters. The minimum absolute atomic E-state index is 0.145. The molecule has 4 aromatic rings. The van der Waals surface area contributed by atoms with Crippen LogP contribution in [0.2, 0.25) is 0 Å². The Bertz CT molecular complexity index is 1050. The average molecular weight is 346 g/mol. The zero-order valence-corrected chi connectivity index (χ0v) is 14.3. The Hall–Kier alpha value is -3.41. The fourth-order valence-corrected chi connectivity index (χ4v) is 2.93. The lowest BCUT2D eigenvalue weighted by Crippen LogP contribution is -2.18. The summed E-state index contributed by atoms with van der Waals surface area (Å²) in [4.78, 5) is 12.5. The van der Waals surface area contributed by atoms with E-state index in [1.165, 1.54) is 0 Å². The predicted octanol–water partition coefficient (Wildman–Crippen LogP) is 3.56. The number of fused-ring (bicyclic) bond motifs is 1. The van der Waals surface area contributed by atoms with Crippen LogP contribution in [0.1, 0.15) is 17.0 Å². The maximum absolute atomic E-state index is 12.5. The van der Waals surface area contributed by atoms with Gasteiger partial charge < -0.3 is 9.84 Å². The molecule has 0 aliphatic rings. The highest BCUT2D eigenvalue weighted by molar-refractivity contribution is 5.94. The number of nitrogens with one attached hydrogen (secondary N) is 1. The summed E-state index contributed by atoms with van der Waals surface area (Å²) < 4.78 is 7.05. The van der Waals surface area contributed by atoms with E-state index in [4.69, 9.17) is 4.52 Å². The van der Waals surface area contributed by atoms with Gasteiger partial charge in [-0.25, -0.2) is 4.68 Å². The number of aromatic nitrogens is 3. The number of amides is 1. The molecule has 6 nitrogen and oxygen atoms in total.